The van der Waals surface area contributed by atoms with Crippen LogP contribution in [0.2, 0.25) is 0 Å². The summed E-state index contributed by atoms with van der Waals surface area (Å²) in [5, 5.41) is 10.3. The molecule has 0 unspecified atom stereocenters. The first-order valence-corrected chi connectivity index (χ1v) is 11.3. The number of nitrogens with one attached hydrogen (secondary N) is 1. The van der Waals surface area contributed by atoms with Crippen LogP contribution in [0.4, 0.5) is 13.2 Å². The van der Waals surface area contributed by atoms with Crippen molar-refractivity contribution in [3.05, 3.63) is 88.3 Å². The smallest absolute Gasteiger partial charge is 0.453 e. The number of fused-ring (bicyclic) bond motifs is 1. The number of ether oxygens (including phenoxy) is 1. The molecule has 0 saturated heterocycles. The quantitative estimate of drug-likeness (QED) is 0.369. The van der Waals surface area contributed by atoms with Crippen LogP contribution in [0.1, 0.15) is 25.2 Å². The summed E-state index contributed by atoms with van der Waals surface area (Å²) in [6.07, 6.45) is -4.99. The Morgan fingerprint density at radius 2 is 1.54 bits per heavy atom. The van der Waals surface area contributed by atoms with Gasteiger partial charge in [-0.3, -0.25) is 4.79 Å². The van der Waals surface area contributed by atoms with E-state index >= 15 is 0 Å². The van der Waals surface area contributed by atoms with Gasteiger partial charge in [0, 0.05) is 0 Å². The number of phenols is 1. The molecule has 0 amide bonds. The molecule has 0 spiro atoms. The van der Waals surface area contributed by atoms with Crippen LogP contribution in [0.25, 0.3) is 22.1 Å². The van der Waals surface area contributed by atoms with Crippen molar-refractivity contribution in [2.45, 2.75) is 26.6 Å². The van der Waals surface area contributed by atoms with Crippen molar-refractivity contribution in [2.24, 2.45) is 0 Å². The number of quaternary nitrogens is 1. The van der Waals surface area contributed by atoms with Gasteiger partial charge in [-0.05, 0) is 49.2 Å². The van der Waals surface area contributed by atoms with Gasteiger partial charge in [0.2, 0.25) is 11.2 Å². The molecule has 35 heavy (non-hydrogen) atoms. The molecule has 0 bridgehead atoms. The lowest BCUT2D eigenvalue weighted by Crippen LogP contribution is -3.10. The molecule has 5 nitrogen and oxygen atoms in total. The minimum Gasteiger partial charge on any atom is -0.507 e. The summed E-state index contributed by atoms with van der Waals surface area (Å²) in [5.41, 5.74) is 0.694. The van der Waals surface area contributed by atoms with Gasteiger partial charge in [-0.1, -0.05) is 42.5 Å². The second-order valence-electron chi connectivity index (χ2n) is 8.15. The average Bonchev–Trinajstić information content (AvgIpc) is 2.85. The molecule has 0 aliphatic heterocycles. The Labute approximate surface area is 200 Å². The SMILES string of the molecule is CC[NH+](CC)Cc1c(O)ccc2c(=O)c(Oc3ccc(-c4ccccc4)cc3)c(C(F)(F)F)oc12. The molecule has 3 aromatic carbocycles. The van der Waals surface area contributed by atoms with E-state index in [0.717, 1.165) is 16.0 Å². The molecular formula is C27H25F3NO4+. The zero-order chi connectivity index (χ0) is 25.2. The Morgan fingerprint density at radius 3 is 2.14 bits per heavy atom. The van der Waals surface area contributed by atoms with Crippen molar-refractivity contribution in [1.29, 1.82) is 0 Å². The lowest BCUT2D eigenvalue weighted by molar-refractivity contribution is -0.910. The van der Waals surface area contributed by atoms with E-state index in [1.165, 1.54) is 24.3 Å². The molecule has 1 heterocycles. The second-order valence-corrected chi connectivity index (χ2v) is 8.15. The third kappa shape index (κ3) is 5.02. The van der Waals surface area contributed by atoms with E-state index in [1.807, 2.05) is 44.2 Å². The standard InChI is InChI=1S/C27H24F3NO4/c1-3-31(4-2)16-21-22(32)15-14-20-23(33)25(26(27(28,29)30)35-24(20)21)34-19-12-10-18(11-13-19)17-8-6-5-7-9-17/h5-15,32H,3-4,16H2,1-2H3/p+1. The van der Waals surface area contributed by atoms with E-state index in [1.54, 1.807) is 12.1 Å². The molecule has 8 heteroatoms. The van der Waals surface area contributed by atoms with Gasteiger partial charge in [0.05, 0.1) is 24.0 Å². The molecule has 0 radical (unpaired) electrons. The van der Waals surface area contributed by atoms with Gasteiger partial charge in [0.15, 0.2) is 5.58 Å². The minimum absolute atomic E-state index is 0.0634. The van der Waals surface area contributed by atoms with Gasteiger partial charge < -0.3 is 19.2 Å². The first-order valence-electron chi connectivity index (χ1n) is 11.3. The van der Waals surface area contributed by atoms with Crippen LogP contribution in [0, 0.1) is 0 Å². The van der Waals surface area contributed by atoms with E-state index in [2.05, 4.69) is 0 Å². The van der Waals surface area contributed by atoms with E-state index in [4.69, 9.17) is 9.15 Å². The van der Waals surface area contributed by atoms with Gasteiger partial charge in [0.1, 0.15) is 18.0 Å². The Bertz CT molecular complexity index is 1380. The van der Waals surface area contributed by atoms with E-state index in [0.29, 0.717) is 13.1 Å². The molecule has 4 aromatic rings. The minimum atomic E-state index is -4.99. The first-order chi connectivity index (χ1) is 16.7. The first kappa shape index (κ1) is 24.3. The summed E-state index contributed by atoms with van der Waals surface area (Å²) in [4.78, 5) is 14.2. The third-order valence-corrected chi connectivity index (χ3v) is 5.96. The highest BCUT2D eigenvalue weighted by atomic mass is 19.4. The zero-order valence-electron chi connectivity index (χ0n) is 19.3. The number of alkyl halides is 3. The number of phenolic OH excluding ortho intramolecular Hbond substituents is 1. The number of benzene rings is 3. The normalized spacial score (nSPS) is 11.8. The van der Waals surface area contributed by atoms with Gasteiger partial charge >= 0.3 is 6.18 Å². The molecule has 0 atom stereocenters. The van der Waals surface area contributed by atoms with Crippen molar-refractivity contribution < 1.29 is 32.3 Å². The molecule has 0 aliphatic carbocycles. The highest BCUT2D eigenvalue weighted by molar-refractivity contribution is 5.83. The molecular weight excluding hydrogens is 459 g/mol. The Balaban J connectivity index is 1.81. The van der Waals surface area contributed by atoms with Gasteiger partial charge in [-0.25, -0.2) is 0 Å². The molecule has 1 aromatic heterocycles. The van der Waals surface area contributed by atoms with E-state index in [9.17, 15) is 23.1 Å². The van der Waals surface area contributed by atoms with Gasteiger partial charge in [-0.15, -0.1) is 0 Å². The highest BCUT2D eigenvalue weighted by Gasteiger charge is 2.41. The summed E-state index contributed by atoms with van der Waals surface area (Å²) < 4.78 is 52.7. The molecule has 0 fully saturated rings. The van der Waals surface area contributed by atoms with Crippen LogP contribution < -0.4 is 15.1 Å². The topological polar surface area (TPSA) is 64.1 Å². The predicted molar refractivity (Wildman–Crippen MR) is 127 cm³/mol. The summed E-state index contributed by atoms with van der Waals surface area (Å²) in [6.45, 7) is 5.42. The fourth-order valence-corrected chi connectivity index (χ4v) is 3.95. The highest BCUT2D eigenvalue weighted by Crippen LogP contribution is 2.40. The predicted octanol–water partition coefficient (Wildman–Crippen LogP) is 5.40. The van der Waals surface area contributed by atoms with Crippen molar-refractivity contribution in [3.63, 3.8) is 0 Å². The second kappa shape index (κ2) is 9.84. The molecule has 0 aliphatic rings. The Morgan fingerprint density at radius 1 is 0.914 bits per heavy atom. The lowest BCUT2D eigenvalue weighted by Gasteiger charge is -2.18. The van der Waals surface area contributed by atoms with Crippen molar-refractivity contribution in [1.82, 2.24) is 0 Å². The molecule has 0 saturated carbocycles. The third-order valence-electron chi connectivity index (χ3n) is 5.96. The summed E-state index contributed by atoms with van der Waals surface area (Å²) >= 11 is 0. The number of hydrogen-bond acceptors (Lipinski definition) is 4. The van der Waals surface area contributed by atoms with Crippen LogP contribution in [-0.2, 0) is 12.7 Å². The fraction of sp³-hybridized carbons (Fsp3) is 0.222. The number of aromatic hydroxyl groups is 1. The van der Waals surface area contributed by atoms with Crippen LogP contribution >= 0.6 is 0 Å². The van der Waals surface area contributed by atoms with E-state index < -0.39 is 23.1 Å². The zero-order valence-corrected chi connectivity index (χ0v) is 19.3. The Hall–Kier alpha value is -3.78. The maximum atomic E-state index is 14.0. The largest absolute Gasteiger partial charge is 0.507 e. The average molecular weight is 484 g/mol. The lowest BCUT2D eigenvalue weighted by atomic mass is 10.1. The molecule has 4 rings (SSSR count). The fourth-order valence-electron chi connectivity index (χ4n) is 3.95. The van der Waals surface area contributed by atoms with Crippen LogP contribution in [0.5, 0.6) is 17.2 Å². The molecule has 2 N–H and O–H groups in total. The number of rotatable bonds is 7. The van der Waals surface area contributed by atoms with Gasteiger partial charge in [-0.2, -0.15) is 13.2 Å². The summed E-state index contributed by atoms with van der Waals surface area (Å²) in [5.74, 6) is -2.64. The van der Waals surface area contributed by atoms with Crippen molar-refractivity contribution in [3.8, 4) is 28.4 Å². The number of halogens is 3. The van der Waals surface area contributed by atoms with Crippen LogP contribution in [-0.4, -0.2) is 18.2 Å². The van der Waals surface area contributed by atoms with Crippen LogP contribution in [0.15, 0.2) is 75.9 Å². The monoisotopic (exact) mass is 484 g/mol. The Kier molecular flexibility index (Phi) is 6.84. The summed E-state index contributed by atoms with van der Waals surface area (Å²) in [7, 11) is 0. The maximum Gasteiger partial charge on any atom is 0.453 e. The van der Waals surface area contributed by atoms with Crippen molar-refractivity contribution >= 4 is 11.0 Å². The van der Waals surface area contributed by atoms with Crippen LogP contribution in [0.3, 0.4) is 0 Å². The molecule has 182 valence electrons. The number of hydrogen-bond donors (Lipinski definition) is 2. The van der Waals surface area contributed by atoms with Crippen molar-refractivity contribution in [2.75, 3.05) is 13.1 Å². The summed E-state index contributed by atoms with van der Waals surface area (Å²) in [6, 6.07) is 18.4. The van der Waals surface area contributed by atoms with Gasteiger partial charge in [0.25, 0.3) is 5.76 Å². The maximum absolute atomic E-state index is 14.0. The van der Waals surface area contributed by atoms with E-state index in [-0.39, 0.29) is 34.6 Å².